The number of fused-ring (bicyclic) bond motifs is 1. The summed E-state index contributed by atoms with van der Waals surface area (Å²) in [4.78, 5) is 27.0. The zero-order valence-electron chi connectivity index (χ0n) is 13.7. The molecule has 2 N–H and O–H groups in total. The average molecular weight is 344 g/mol. The van der Waals surface area contributed by atoms with Gasteiger partial charge in [0.2, 0.25) is 0 Å². The molecule has 0 aliphatic carbocycles. The van der Waals surface area contributed by atoms with E-state index in [2.05, 4.69) is 10.3 Å². The molecule has 0 saturated carbocycles. The SMILES string of the molecule is CC1(C)CC(NC(=O)c2ccc(C(=O)O)nc2)c2ccc(F)cc2O1. The van der Waals surface area contributed by atoms with E-state index in [0.29, 0.717) is 17.7 Å². The van der Waals surface area contributed by atoms with Crippen LogP contribution in [0.15, 0.2) is 36.5 Å². The Hall–Kier alpha value is -2.96. The number of hydrogen-bond acceptors (Lipinski definition) is 4. The Morgan fingerprint density at radius 3 is 2.72 bits per heavy atom. The first-order valence-electron chi connectivity index (χ1n) is 7.74. The Morgan fingerprint density at radius 1 is 1.32 bits per heavy atom. The van der Waals surface area contributed by atoms with Gasteiger partial charge < -0.3 is 15.2 Å². The lowest BCUT2D eigenvalue weighted by Gasteiger charge is -2.37. The van der Waals surface area contributed by atoms with Crippen LogP contribution in [-0.4, -0.2) is 27.6 Å². The Kier molecular flexibility index (Phi) is 4.16. The standard InChI is InChI=1S/C18H17FN2O4/c1-18(2)8-14(12-5-4-11(19)7-15(12)25-18)21-16(22)10-3-6-13(17(23)24)20-9-10/h3-7,9,14H,8H2,1-2H3,(H,21,22)(H,23,24). The lowest BCUT2D eigenvalue weighted by Crippen LogP contribution is -2.41. The third-order valence-electron chi connectivity index (χ3n) is 3.98. The first-order valence-corrected chi connectivity index (χ1v) is 7.74. The number of benzene rings is 1. The summed E-state index contributed by atoms with van der Waals surface area (Å²) in [6.45, 7) is 3.73. The molecule has 1 atom stereocenters. The maximum Gasteiger partial charge on any atom is 0.354 e. The van der Waals surface area contributed by atoms with Gasteiger partial charge in [-0.05, 0) is 32.0 Å². The number of pyridine rings is 1. The van der Waals surface area contributed by atoms with E-state index in [0.717, 1.165) is 0 Å². The number of ether oxygens (including phenoxy) is 1. The van der Waals surface area contributed by atoms with E-state index in [1.165, 1.54) is 30.5 Å². The molecule has 0 spiro atoms. The van der Waals surface area contributed by atoms with Gasteiger partial charge in [0.25, 0.3) is 5.91 Å². The minimum atomic E-state index is -1.16. The van der Waals surface area contributed by atoms with E-state index in [9.17, 15) is 14.0 Å². The van der Waals surface area contributed by atoms with Crippen molar-refractivity contribution in [3.8, 4) is 5.75 Å². The molecule has 0 saturated heterocycles. The molecule has 0 radical (unpaired) electrons. The number of amides is 1. The average Bonchev–Trinajstić information content (AvgIpc) is 2.53. The van der Waals surface area contributed by atoms with Crippen LogP contribution in [0, 0.1) is 5.82 Å². The van der Waals surface area contributed by atoms with Gasteiger partial charge in [0.15, 0.2) is 0 Å². The van der Waals surface area contributed by atoms with E-state index in [1.54, 1.807) is 6.07 Å². The zero-order valence-corrected chi connectivity index (χ0v) is 13.7. The summed E-state index contributed by atoms with van der Waals surface area (Å²) in [6, 6.07) is 6.54. The van der Waals surface area contributed by atoms with Gasteiger partial charge in [-0.15, -0.1) is 0 Å². The molecule has 1 amide bonds. The van der Waals surface area contributed by atoms with Crippen LogP contribution in [0.5, 0.6) is 5.75 Å². The third-order valence-corrected chi connectivity index (χ3v) is 3.98. The summed E-state index contributed by atoms with van der Waals surface area (Å²) in [5.74, 6) is -1.55. The van der Waals surface area contributed by atoms with Crippen LogP contribution in [0.2, 0.25) is 0 Å². The first-order chi connectivity index (χ1) is 11.7. The molecule has 0 bridgehead atoms. The van der Waals surface area contributed by atoms with Crippen molar-refractivity contribution in [3.63, 3.8) is 0 Å². The van der Waals surface area contributed by atoms with Crippen molar-refractivity contribution >= 4 is 11.9 Å². The molecule has 6 nitrogen and oxygen atoms in total. The quantitative estimate of drug-likeness (QED) is 0.894. The molecule has 2 heterocycles. The summed E-state index contributed by atoms with van der Waals surface area (Å²) in [5.41, 5.74) is 0.246. The van der Waals surface area contributed by atoms with Crippen LogP contribution in [0.1, 0.15) is 52.7 Å². The van der Waals surface area contributed by atoms with Crippen molar-refractivity contribution in [3.05, 3.63) is 59.2 Å². The summed E-state index contributed by atoms with van der Waals surface area (Å²) < 4.78 is 19.3. The Balaban J connectivity index is 1.84. The molecule has 130 valence electrons. The Labute approximate surface area is 143 Å². The smallest absolute Gasteiger partial charge is 0.354 e. The lowest BCUT2D eigenvalue weighted by atomic mass is 9.89. The molecule has 1 aromatic heterocycles. The van der Waals surface area contributed by atoms with E-state index in [1.807, 2.05) is 13.8 Å². The van der Waals surface area contributed by atoms with Crippen LogP contribution < -0.4 is 10.1 Å². The number of rotatable bonds is 3. The van der Waals surface area contributed by atoms with Crippen molar-refractivity contribution in [2.24, 2.45) is 0 Å². The van der Waals surface area contributed by atoms with E-state index in [-0.39, 0.29) is 23.2 Å². The number of nitrogens with one attached hydrogen (secondary N) is 1. The highest BCUT2D eigenvalue weighted by Gasteiger charge is 2.35. The molecule has 1 aliphatic heterocycles. The van der Waals surface area contributed by atoms with E-state index in [4.69, 9.17) is 9.84 Å². The number of carboxylic acids is 1. The van der Waals surface area contributed by atoms with Gasteiger partial charge >= 0.3 is 5.97 Å². The minimum Gasteiger partial charge on any atom is -0.487 e. The summed E-state index contributed by atoms with van der Waals surface area (Å²) >= 11 is 0. The van der Waals surface area contributed by atoms with Gasteiger partial charge in [0.05, 0.1) is 11.6 Å². The number of hydrogen-bond donors (Lipinski definition) is 2. The molecule has 25 heavy (non-hydrogen) atoms. The molecular formula is C18H17FN2O4. The van der Waals surface area contributed by atoms with Gasteiger partial charge in [-0.25, -0.2) is 14.2 Å². The van der Waals surface area contributed by atoms with Crippen LogP contribution in [0.25, 0.3) is 0 Å². The highest BCUT2D eigenvalue weighted by molar-refractivity contribution is 5.95. The van der Waals surface area contributed by atoms with Crippen molar-refractivity contribution in [2.45, 2.75) is 31.9 Å². The molecule has 1 aliphatic rings. The summed E-state index contributed by atoms with van der Waals surface area (Å²) in [7, 11) is 0. The predicted octanol–water partition coefficient (Wildman–Crippen LogP) is 2.95. The number of aromatic carboxylic acids is 1. The van der Waals surface area contributed by atoms with Gasteiger partial charge in [-0.1, -0.05) is 6.07 Å². The predicted molar refractivity (Wildman–Crippen MR) is 87.1 cm³/mol. The van der Waals surface area contributed by atoms with Gasteiger partial charge in [-0.3, -0.25) is 4.79 Å². The van der Waals surface area contributed by atoms with Crippen molar-refractivity contribution in [1.82, 2.24) is 10.3 Å². The second kappa shape index (κ2) is 6.16. The van der Waals surface area contributed by atoms with Gasteiger partial charge in [0, 0.05) is 24.2 Å². The third kappa shape index (κ3) is 3.60. The number of carbonyl (C=O) groups is 2. The lowest BCUT2D eigenvalue weighted by molar-refractivity contribution is 0.0613. The Morgan fingerprint density at radius 2 is 2.08 bits per heavy atom. The number of halogens is 1. The number of carbonyl (C=O) groups excluding carboxylic acids is 1. The van der Waals surface area contributed by atoms with Crippen LogP contribution in [0.4, 0.5) is 4.39 Å². The van der Waals surface area contributed by atoms with Gasteiger partial charge in [-0.2, -0.15) is 0 Å². The molecule has 2 aromatic rings. The zero-order chi connectivity index (χ0) is 18.2. The minimum absolute atomic E-state index is 0.135. The number of aromatic nitrogens is 1. The van der Waals surface area contributed by atoms with Crippen molar-refractivity contribution in [2.75, 3.05) is 0 Å². The normalized spacial score (nSPS) is 18.0. The second-order valence-electron chi connectivity index (χ2n) is 6.51. The molecule has 1 aromatic carbocycles. The molecule has 3 rings (SSSR count). The molecule has 1 unspecified atom stereocenters. The summed E-state index contributed by atoms with van der Waals surface area (Å²) in [6.07, 6.45) is 1.73. The largest absolute Gasteiger partial charge is 0.487 e. The fraction of sp³-hybridized carbons (Fsp3) is 0.278. The van der Waals surface area contributed by atoms with Crippen LogP contribution >= 0.6 is 0 Å². The van der Waals surface area contributed by atoms with E-state index < -0.39 is 17.4 Å². The maximum atomic E-state index is 13.5. The van der Waals surface area contributed by atoms with Crippen molar-refractivity contribution < 1.29 is 23.8 Å². The fourth-order valence-corrected chi connectivity index (χ4v) is 2.85. The fourth-order valence-electron chi connectivity index (χ4n) is 2.85. The highest BCUT2D eigenvalue weighted by Crippen LogP contribution is 2.39. The first kappa shape index (κ1) is 16.9. The maximum absolute atomic E-state index is 13.5. The second-order valence-corrected chi connectivity index (χ2v) is 6.51. The van der Waals surface area contributed by atoms with Gasteiger partial charge in [0.1, 0.15) is 22.9 Å². The summed E-state index contributed by atoms with van der Waals surface area (Å²) in [5, 5.41) is 11.7. The molecule has 7 heteroatoms. The Bertz CT molecular complexity index is 833. The molecule has 0 fully saturated rings. The number of carboxylic acid groups (broad SMARTS) is 1. The van der Waals surface area contributed by atoms with Crippen LogP contribution in [-0.2, 0) is 0 Å². The van der Waals surface area contributed by atoms with Crippen LogP contribution in [0.3, 0.4) is 0 Å². The number of nitrogens with zero attached hydrogens (tertiary/aromatic N) is 1. The topological polar surface area (TPSA) is 88.5 Å². The molecular weight excluding hydrogens is 327 g/mol. The monoisotopic (exact) mass is 344 g/mol. The van der Waals surface area contributed by atoms with Crippen molar-refractivity contribution in [1.29, 1.82) is 0 Å². The highest BCUT2D eigenvalue weighted by atomic mass is 19.1. The van der Waals surface area contributed by atoms with E-state index >= 15 is 0 Å².